The van der Waals surface area contributed by atoms with Gasteiger partial charge in [0.1, 0.15) is 0 Å². The molecule has 6 nitrogen and oxygen atoms in total. The minimum atomic E-state index is -0.383. The van der Waals surface area contributed by atoms with Gasteiger partial charge in [0.2, 0.25) is 0 Å². The number of methoxy groups -OCH3 is 2. The van der Waals surface area contributed by atoms with E-state index in [0.29, 0.717) is 17.9 Å². The van der Waals surface area contributed by atoms with Gasteiger partial charge in [0.05, 0.1) is 14.2 Å². The van der Waals surface area contributed by atoms with E-state index in [1.807, 2.05) is 12.1 Å². The molecule has 0 atom stereocenters. The summed E-state index contributed by atoms with van der Waals surface area (Å²) in [4.78, 5) is 23.5. The third-order valence-electron chi connectivity index (χ3n) is 4.15. The van der Waals surface area contributed by atoms with E-state index in [2.05, 4.69) is 5.32 Å². The van der Waals surface area contributed by atoms with Crippen molar-refractivity contribution >= 4 is 11.9 Å². The number of amides is 1. The van der Waals surface area contributed by atoms with Crippen molar-refractivity contribution in [3.63, 3.8) is 0 Å². The quantitative estimate of drug-likeness (QED) is 0.738. The minimum Gasteiger partial charge on any atom is -0.493 e. The highest BCUT2D eigenvalue weighted by molar-refractivity contribution is 5.80. The van der Waals surface area contributed by atoms with Crippen LogP contribution in [0.5, 0.6) is 11.5 Å². The normalized spacial score (nSPS) is 14.2. The van der Waals surface area contributed by atoms with Crippen LogP contribution in [0.15, 0.2) is 18.2 Å². The molecule has 24 heavy (non-hydrogen) atoms. The van der Waals surface area contributed by atoms with Crippen LogP contribution in [0.2, 0.25) is 0 Å². The Hall–Kier alpha value is -2.24. The molecule has 0 radical (unpaired) electrons. The van der Waals surface area contributed by atoms with Gasteiger partial charge in [-0.3, -0.25) is 9.59 Å². The van der Waals surface area contributed by atoms with Gasteiger partial charge in [-0.15, -0.1) is 0 Å². The van der Waals surface area contributed by atoms with Crippen molar-refractivity contribution < 1.29 is 23.8 Å². The van der Waals surface area contributed by atoms with Gasteiger partial charge in [0.15, 0.2) is 18.1 Å². The molecule has 1 aromatic rings. The van der Waals surface area contributed by atoms with Crippen LogP contribution in [0.25, 0.3) is 0 Å². The molecule has 1 aromatic carbocycles. The first kappa shape index (κ1) is 18.1. The smallest absolute Gasteiger partial charge is 0.306 e. The third kappa shape index (κ3) is 5.44. The second-order valence-electron chi connectivity index (χ2n) is 5.90. The molecule has 0 aromatic heterocycles. The SMILES string of the molecule is COc1ccc(CCC(=O)OCC(=O)NC2CCCC2)cc1OC. The summed E-state index contributed by atoms with van der Waals surface area (Å²) in [6.07, 6.45) is 5.06. The number of ether oxygens (including phenoxy) is 3. The highest BCUT2D eigenvalue weighted by Crippen LogP contribution is 2.28. The summed E-state index contributed by atoms with van der Waals surface area (Å²) in [7, 11) is 3.14. The molecule has 0 spiro atoms. The van der Waals surface area contributed by atoms with Crippen LogP contribution >= 0.6 is 0 Å². The molecule has 0 saturated heterocycles. The number of aryl methyl sites for hydroxylation is 1. The second kappa shape index (κ2) is 9.15. The van der Waals surface area contributed by atoms with Crippen LogP contribution in [-0.4, -0.2) is 38.7 Å². The van der Waals surface area contributed by atoms with Crippen LogP contribution in [0.4, 0.5) is 0 Å². The summed E-state index contributed by atoms with van der Waals surface area (Å²) in [6, 6.07) is 5.75. The molecule has 1 aliphatic rings. The van der Waals surface area contributed by atoms with E-state index in [9.17, 15) is 9.59 Å². The van der Waals surface area contributed by atoms with Gasteiger partial charge in [0.25, 0.3) is 5.91 Å². The van der Waals surface area contributed by atoms with Crippen LogP contribution < -0.4 is 14.8 Å². The number of hydrogen-bond acceptors (Lipinski definition) is 5. The summed E-state index contributed by atoms with van der Waals surface area (Å²) >= 11 is 0. The second-order valence-corrected chi connectivity index (χ2v) is 5.90. The predicted molar refractivity (Wildman–Crippen MR) is 89.2 cm³/mol. The maximum atomic E-state index is 11.8. The van der Waals surface area contributed by atoms with Gasteiger partial charge in [-0.1, -0.05) is 18.9 Å². The van der Waals surface area contributed by atoms with Crippen LogP contribution in [0, 0.1) is 0 Å². The average Bonchev–Trinajstić information content (AvgIpc) is 3.10. The summed E-state index contributed by atoms with van der Waals surface area (Å²) in [5.41, 5.74) is 0.944. The highest BCUT2D eigenvalue weighted by atomic mass is 16.5. The van der Waals surface area contributed by atoms with E-state index in [4.69, 9.17) is 14.2 Å². The fourth-order valence-corrected chi connectivity index (χ4v) is 2.84. The maximum Gasteiger partial charge on any atom is 0.306 e. The fraction of sp³-hybridized carbons (Fsp3) is 0.556. The van der Waals surface area contributed by atoms with Crippen LogP contribution in [0.3, 0.4) is 0 Å². The lowest BCUT2D eigenvalue weighted by Crippen LogP contribution is -2.35. The van der Waals surface area contributed by atoms with Crippen molar-refractivity contribution in [3.05, 3.63) is 23.8 Å². The molecule has 0 aliphatic heterocycles. The molecular weight excluding hydrogens is 310 g/mol. The summed E-state index contributed by atoms with van der Waals surface area (Å²) in [5, 5.41) is 2.89. The van der Waals surface area contributed by atoms with Gasteiger partial charge in [-0.25, -0.2) is 0 Å². The minimum absolute atomic E-state index is 0.207. The maximum absolute atomic E-state index is 11.8. The Morgan fingerprint density at radius 1 is 1.12 bits per heavy atom. The number of nitrogens with one attached hydrogen (secondary N) is 1. The van der Waals surface area contributed by atoms with E-state index in [1.54, 1.807) is 20.3 Å². The van der Waals surface area contributed by atoms with E-state index in [0.717, 1.165) is 31.2 Å². The average molecular weight is 335 g/mol. The zero-order valence-corrected chi connectivity index (χ0v) is 14.3. The number of carbonyl (C=O) groups excluding carboxylic acids is 2. The highest BCUT2D eigenvalue weighted by Gasteiger charge is 2.17. The first-order valence-corrected chi connectivity index (χ1v) is 8.28. The van der Waals surface area contributed by atoms with Crippen LogP contribution in [0.1, 0.15) is 37.7 Å². The van der Waals surface area contributed by atoms with Gasteiger partial charge < -0.3 is 19.5 Å². The van der Waals surface area contributed by atoms with Gasteiger partial charge in [-0.2, -0.15) is 0 Å². The first-order valence-electron chi connectivity index (χ1n) is 8.28. The molecule has 0 unspecified atom stereocenters. The number of rotatable bonds is 8. The molecule has 1 saturated carbocycles. The molecule has 2 rings (SSSR count). The zero-order valence-electron chi connectivity index (χ0n) is 14.3. The van der Waals surface area contributed by atoms with Gasteiger partial charge >= 0.3 is 5.97 Å². The molecule has 1 N–H and O–H groups in total. The standard InChI is InChI=1S/C18H25NO5/c1-22-15-9-7-13(11-16(15)23-2)8-10-18(21)24-12-17(20)19-14-5-3-4-6-14/h7,9,11,14H,3-6,8,10,12H2,1-2H3,(H,19,20). The third-order valence-corrected chi connectivity index (χ3v) is 4.15. The Bertz CT molecular complexity index is 567. The van der Waals surface area contributed by atoms with Crippen LogP contribution in [-0.2, 0) is 20.7 Å². The molecular formula is C18H25NO5. The van der Waals surface area contributed by atoms with E-state index in [-0.39, 0.29) is 30.9 Å². The number of carbonyl (C=O) groups is 2. The van der Waals surface area contributed by atoms with Gasteiger partial charge in [-0.05, 0) is 37.0 Å². The van der Waals surface area contributed by atoms with Crippen molar-refractivity contribution in [1.29, 1.82) is 0 Å². The number of esters is 1. The van der Waals surface area contributed by atoms with Crippen molar-refractivity contribution in [2.24, 2.45) is 0 Å². The zero-order chi connectivity index (χ0) is 17.4. The Labute approximate surface area is 142 Å². The summed E-state index contributed by atoms with van der Waals surface area (Å²) < 4.78 is 15.4. The van der Waals surface area contributed by atoms with E-state index in [1.165, 1.54) is 0 Å². The molecule has 1 fully saturated rings. The molecule has 1 aliphatic carbocycles. The summed E-state index contributed by atoms with van der Waals surface area (Å²) in [5.74, 6) is 0.666. The molecule has 0 bridgehead atoms. The Balaban J connectivity index is 1.71. The first-order chi connectivity index (χ1) is 11.6. The monoisotopic (exact) mass is 335 g/mol. The molecule has 0 heterocycles. The topological polar surface area (TPSA) is 73.9 Å². The van der Waals surface area contributed by atoms with E-state index < -0.39 is 0 Å². The largest absolute Gasteiger partial charge is 0.493 e. The lowest BCUT2D eigenvalue weighted by atomic mass is 10.1. The number of hydrogen-bond donors (Lipinski definition) is 1. The lowest BCUT2D eigenvalue weighted by molar-refractivity contribution is -0.148. The van der Waals surface area contributed by atoms with Crippen molar-refractivity contribution in [3.8, 4) is 11.5 Å². The molecule has 132 valence electrons. The van der Waals surface area contributed by atoms with E-state index >= 15 is 0 Å². The predicted octanol–water partition coefficient (Wildman–Crippen LogP) is 2.24. The number of benzene rings is 1. The Kier molecular flexibility index (Phi) is 6.90. The fourth-order valence-electron chi connectivity index (χ4n) is 2.84. The summed E-state index contributed by atoms with van der Waals surface area (Å²) in [6.45, 7) is -0.207. The van der Waals surface area contributed by atoms with Crippen molar-refractivity contribution in [1.82, 2.24) is 5.32 Å². The Morgan fingerprint density at radius 3 is 2.50 bits per heavy atom. The van der Waals surface area contributed by atoms with Crippen molar-refractivity contribution in [2.45, 2.75) is 44.6 Å². The molecule has 1 amide bonds. The van der Waals surface area contributed by atoms with Gasteiger partial charge in [0, 0.05) is 12.5 Å². The molecule has 6 heteroatoms. The van der Waals surface area contributed by atoms with Crippen molar-refractivity contribution in [2.75, 3.05) is 20.8 Å². The lowest BCUT2D eigenvalue weighted by Gasteiger charge is -2.12. The Morgan fingerprint density at radius 2 is 1.83 bits per heavy atom.